The molecule has 0 fully saturated rings. The first-order valence-corrected chi connectivity index (χ1v) is 6.65. The lowest BCUT2D eigenvalue weighted by Gasteiger charge is -2.14. The maximum Gasteiger partial charge on any atom is 0.233 e. The molecule has 0 saturated heterocycles. The van der Waals surface area contributed by atoms with Crippen molar-refractivity contribution in [3.05, 3.63) is 29.8 Å². The van der Waals surface area contributed by atoms with Crippen LogP contribution in [-0.4, -0.2) is 24.8 Å². The van der Waals surface area contributed by atoms with Crippen molar-refractivity contribution >= 4 is 18.5 Å². The monoisotopic (exact) mass is 267 g/mol. The van der Waals surface area contributed by atoms with E-state index in [1.807, 2.05) is 38.1 Å². The molecule has 1 aromatic carbocycles. The molecule has 0 heterocycles. The van der Waals surface area contributed by atoms with E-state index in [9.17, 15) is 4.79 Å². The summed E-state index contributed by atoms with van der Waals surface area (Å²) in [5.41, 5.74) is 1.18. The van der Waals surface area contributed by atoms with E-state index < -0.39 is 0 Å². The van der Waals surface area contributed by atoms with Crippen LogP contribution in [0.4, 0.5) is 0 Å². The second kappa shape index (κ2) is 7.31. The number of thiol groups is 1. The summed E-state index contributed by atoms with van der Waals surface area (Å²) in [7, 11) is 1.65. The predicted octanol–water partition coefficient (Wildman–Crippen LogP) is 2.31. The summed E-state index contributed by atoms with van der Waals surface area (Å²) in [5, 5.41) is 2.66. The summed E-state index contributed by atoms with van der Waals surface area (Å²) in [5.74, 6) is 1.09. The van der Waals surface area contributed by atoms with Gasteiger partial charge >= 0.3 is 0 Å². The summed E-state index contributed by atoms with van der Waals surface area (Å²) in [4.78, 5) is 11.7. The molecule has 0 radical (unpaired) electrons. The number of carbonyl (C=O) groups excluding carboxylic acids is 1. The third kappa shape index (κ3) is 4.61. The zero-order valence-electron chi connectivity index (χ0n) is 11.1. The van der Waals surface area contributed by atoms with Gasteiger partial charge in [-0.3, -0.25) is 4.79 Å². The summed E-state index contributed by atoms with van der Waals surface area (Å²) >= 11 is 4.28. The summed E-state index contributed by atoms with van der Waals surface area (Å²) in [6, 6.07) is 7.86. The van der Waals surface area contributed by atoms with Crippen LogP contribution in [0.15, 0.2) is 24.3 Å². The average molecular weight is 267 g/mol. The summed E-state index contributed by atoms with van der Waals surface area (Å²) < 4.78 is 5.09. The van der Waals surface area contributed by atoms with Crippen molar-refractivity contribution in [1.82, 2.24) is 5.32 Å². The molecule has 0 bridgehead atoms. The van der Waals surface area contributed by atoms with E-state index in [0.717, 1.165) is 12.2 Å². The number of carbonyl (C=O) groups is 1. The quantitative estimate of drug-likeness (QED) is 0.776. The number of methoxy groups -OCH3 is 1. The molecule has 1 amide bonds. The van der Waals surface area contributed by atoms with Gasteiger partial charge in [0, 0.05) is 6.54 Å². The fourth-order valence-corrected chi connectivity index (χ4v) is 1.62. The molecule has 0 aliphatic heterocycles. The van der Waals surface area contributed by atoms with Gasteiger partial charge in [-0.15, -0.1) is 0 Å². The normalized spacial score (nSPS) is 12.3. The van der Waals surface area contributed by atoms with Gasteiger partial charge < -0.3 is 10.1 Å². The Bertz CT molecular complexity index is 376. The lowest BCUT2D eigenvalue weighted by molar-refractivity contribution is -0.121. The standard InChI is InChI=1S/C14H21NO2S/c1-10(2)13(18)14(16)15-9-8-11-4-6-12(17-3)7-5-11/h4-7,10,13,18H,8-9H2,1-3H3,(H,15,16). The first kappa shape index (κ1) is 14.9. The van der Waals surface area contributed by atoms with E-state index in [1.165, 1.54) is 5.56 Å². The Morgan fingerprint density at radius 2 is 1.94 bits per heavy atom. The number of benzene rings is 1. The Labute approximate surface area is 114 Å². The first-order chi connectivity index (χ1) is 8.54. The minimum absolute atomic E-state index is 0.00171. The van der Waals surface area contributed by atoms with Crippen LogP contribution in [0.1, 0.15) is 19.4 Å². The smallest absolute Gasteiger partial charge is 0.233 e. The molecule has 0 aliphatic carbocycles. The highest BCUT2D eigenvalue weighted by Gasteiger charge is 2.16. The van der Waals surface area contributed by atoms with E-state index in [-0.39, 0.29) is 17.1 Å². The minimum Gasteiger partial charge on any atom is -0.497 e. The molecule has 1 aromatic rings. The van der Waals surface area contributed by atoms with Crippen molar-refractivity contribution in [3.63, 3.8) is 0 Å². The Hall–Kier alpha value is -1.16. The molecule has 18 heavy (non-hydrogen) atoms. The third-order valence-corrected chi connectivity index (χ3v) is 3.60. The van der Waals surface area contributed by atoms with E-state index in [4.69, 9.17) is 4.74 Å². The van der Waals surface area contributed by atoms with Crippen molar-refractivity contribution in [3.8, 4) is 5.75 Å². The highest BCUT2D eigenvalue weighted by Crippen LogP contribution is 2.12. The summed E-state index contributed by atoms with van der Waals surface area (Å²) in [6.07, 6.45) is 0.814. The zero-order valence-corrected chi connectivity index (χ0v) is 12.0. The van der Waals surface area contributed by atoms with Gasteiger partial charge in [-0.05, 0) is 30.0 Å². The molecule has 100 valence electrons. The molecule has 1 N–H and O–H groups in total. The van der Waals surface area contributed by atoms with Crippen LogP contribution in [0, 0.1) is 5.92 Å². The number of ether oxygens (including phenoxy) is 1. The third-order valence-electron chi connectivity index (χ3n) is 2.77. The first-order valence-electron chi connectivity index (χ1n) is 6.13. The van der Waals surface area contributed by atoms with Gasteiger partial charge in [0.1, 0.15) is 5.75 Å². The van der Waals surface area contributed by atoms with Crippen LogP contribution in [0.3, 0.4) is 0 Å². The Kier molecular flexibility index (Phi) is 6.05. The number of nitrogens with one attached hydrogen (secondary N) is 1. The van der Waals surface area contributed by atoms with E-state index in [2.05, 4.69) is 17.9 Å². The van der Waals surface area contributed by atoms with Gasteiger partial charge in [0.2, 0.25) is 5.91 Å². The average Bonchev–Trinajstić information content (AvgIpc) is 2.38. The maximum absolute atomic E-state index is 11.7. The number of hydrogen-bond acceptors (Lipinski definition) is 3. The SMILES string of the molecule is COc1ccc(CCNC(=O)C(S)C(C)C)cc1. The van der Waals surface area contributed by atoms with Crippen LogP contribution >= 0.6 is 12.6 Å². The second-order valence-corrected chi connectivity index (χ2v) is 5.13. The van der Waals surface area contributed by atoms with Crippen molar-refractivity contribution in [1.29, 1.82) is 0 Å². The van der Waals surface area contributed by atoms with E-state index >= 15 is 0 Å². The van der Waals surface area contributed by atoms with Crippen molar-refractivity contribution in [2.75, 3.05) is 13.7 Å². The molecular weight excluding hydrogens is 246 g/mol. The maximum atomic E-state index is 11.7. The molecule has 3 nitrogen and oxygen atoms in total. The molecule has 1 unspecified atom stereocenters. The van der Waals surface area contributed by atoms with Crippen molar-refractivity contribution in [2.45, 2.75) is 25.5 Å². The van der Waals surface area contributed by atoms with Gasteiger partial charge in [-0.2, -0.15) is 12.6 Å². The van der Waals surface area contributed by atoms with Gasteiger partial charge in [0.25, 0.3) is 0 Å². The largest absolute Gasteiger partial charge is 0.497 e. The predicted molar refractivity (Wildman–Crippen MR) is 77.3 cm³/mol. The number of amides is 1. The second-order valence-electron chi connectivity index (χ2n) is 4.58. The van der Waals surface area contributed by atoms with E-state index in [1.54, 1.807) is 7.11 Å². The van der Waals surface area contributed by atoms with Crippen molar-refractivity contribution < 1.29 is 9.53 Å². The van der Waals surface area contributed by atoms with Gasteiger partial charge in [0.05, 0.1) is 12.4 Å². The fourth-order valence-electron chi connectivity index (χ4n) is 1.53. The lowest BCUT2D eigenvalue weighted by atomic mass is 10.1. The van der Waals surface area contributed by atoms with Crippen molar-refractivity contribution in [2.24, 2.45) is 5.92 Å². The van der Waals surface area contributed by atoms with Crippen LogP contribution in [-0.2, 0) is 11.2 Å². The van der Waals surface area contributed by atoms with E-state index in [0.29, 0.717) is 6.54 Å². The lowest BCUT2D eigenvalue weighted by Crippen LogP contribution is -2.35. The molecule has 0 aromatic heterocycles. The molecule has 0 aliphatic rings. The molecule has 1 rings (SSSR count). The van der Waals surface area contributed by atoms with Gasteiger partial charge in [-0.25, -0.2) is 0 Å². The van der Waals surface area contributed by atoms with Crippen LogP contribution < -0.4 is 10.1 Å². The van der Waals surface area contributed by atoms with Crippen LogP contribution in [0.25, 0.3) is 0 Å². The molecule has 0 saturated carbocycles. The topological polar surface area (TPSA) is 38.3 Å². The Morgan fingerprint density at radius 3 is 2.44 bits per heavy atom. The molecular formula is C14H21NO2S. The highest BCUT2D eigenvalue weighted by atomic mass is 32.1. The van der Waals surface area contributed by atoms with Crippen LogP contribution in [0.2, 0.25) is 0 Å². The highest BCUT2D eigenvalue weighted by molar-refractivity contribution is 7.81. The number of rotatable bonds is 6. The van der Waals surface area contributed by atoms with Crippen LogP contribution in [0.5, 0.6) is 5.75 Å². The Morgan fingerprint density at radius 1 is 1.33 bits per heavy atom. The fraction of sp³-hybridized carbons (Fsp3) is 0.500. The molecule has 1 atom stereocenters. The number of hydrogen-bond donors (Lipinski definition) is 2. The molecule has 0 spiro atoms. The Balaban J connectivity index is 2.35. The zero-order chi connectivity index (χ0) is 13.5. The molecule has 4 heteroatoms. The van der Waals surface area contributed by atoms with Gasteiger partial charge in [0.15, 0.2) is 0 Å². The minimum atomic E-state index is -0.235. The summed E-state index contributed by atoms with van der Waals surface area (Å²) in [6.45, 7) is 4.61. The van der Waals surface area contributed by atoms with Gasteiger partial charge in [-0.1, -0.05) is 26.0 Å².